The van der Waals surface area contributed by atoms with E-state index in [-0.39, 0.29) is 12.1 Å². The highest BCUT2D eigenvalue weighted by molar-refractivity contribution is 7.15. The van der Waals surface area contributed by atoms with E-state index in [4.69, 9.17) is 9.72 Å². The standard InChI is InChI=1S/C24H40N4O2S/c1-17-9-14-28(15-17)22-26-20-16-27(13-11-21(20)31-22)12-10-18-5-7-19(8-6-18)25-23(29)30-24(2,3)4/h17-19H,5-16H2,1-4H3,(H,25,29)/t17?,18-,19-. The molecular weight excluding hydrogens is 408 g/mol. The van der Waals surface area contributed by atoms with Crippen molar-refractivity contribution in [2.45, 2.75) is 90.8 Å². The smallest absolute Gasteiger partial charge is 0.407 e. The Morgan fingerprint density at radius 2 is 1.97 bits per heavy atom. The minimum Gasteiger partial charge on any atom is -0.444 e. The van der Waals surface area contributed by atoms with Crippen LogP contribution in [0.2, 0.25) is 0 Å². The summed E-state index contributed by atoms with van der Waals surface area (Å²) in [5.41, 5.74) is 0.900. The Labute approximate surface area is 191 Å². The van der Waals surface area contributed by atoms with E-state index in [1.807, 2.05) is 32.1 Å². The number of anilines is 1. The lowest BCUT2D eigenvalue weighted by molar-refractivity contribution is 0.0485. The van der Waals surface area contributed by atoms with Crippen molar-refractivity contribution in [3.05, 3.63) is 10.6 Å². The highest BCUT2D eigenvalue weighted by Crippen LogP contribution is 2.34. The largest absolute Gasteiger partial charge is 0.444 e. The lowest BCUT2D eigenvalue weighted by Gasteiger charge is -2.32. The first-order valence-corrected chi connectivity index (χ1v) is 13.0. The van der Waals surface area contributed by atoms with E-state index in [1.54, 1.807) is 0 Å². The summed E-state index contributed by atoms with van der Waals surface area (Å²) in [5, 5.41) is 4.31. The lowest BCUT2D eigenvalue weighted by atomic mass is 9.84. The topological polar surface area (TPSA) is 57.7 Å². The number of amides is 1. The Balaban J connectivity index is 1.18. The van der Waals surface area contributed by atoms with E-state index in [0.29, 0.717) is 0 Å². The minimum absolute atomic E-state index is 0.269. The fourth-order valence-corrected chi connectivity index (χ4v) is 6.20. The second-order valence-electron chi connectivity index (χ2n) is 10.9. The summed E-state index contributed by atoms with van der Waals surface area (Å²) in [6.07, 6.45) is 7.98. The summed E-state index contributed by atoms with van der Waals surface area (Å²) in [6, 6.07) is 0.269. The van der Waals surface area contributed by atoms with E-state index in [1.165, 1.54) is 67.6 Å². The third kappa shape index (κ3) is 6.35. The normalized spacial score (nSPS) is 27.2. The zero-order valence-corrected chi connectivity index (χ0v) is 20.6. The number of alkyl carbamates (subject to hydrolysis) is 1. The van der Waals surface area contributed by atoms with Crippen molar-refractivity contribution in [2.75, 3.05) is 31.1 Å². The molecule has 1 amide bonds. The Kier molecular flexibility index (Phi) is 7.11. The van der Waals surface area contributed by atoms with Crippen LogP contribution in [0, 0.1) is 11.8 Å². The van der Waals surface area contributed by atoms with E-state index < -0.39 is 5.60 Å². The number of carbonyl (C=O) groups excluding carboxylic acids is 1. The van der Waals surface area contributed by atoms with Gasteiger partial charge in [-0.1, -0.05) is 6.92 Å². The van der Waals surface area contributed by atoms with Gasteiger partial charge >= 0.3 is 6.09 Å². The maximum Gasteiger partial charge on any atom is 0.407 e. The molecule has 6 nitrogen and oxygen atoms in total. The average Bonchev–Trinajstić information content (AvgIpc) is 3.31. The molecule has 1 saturated heterocycles. The molecule has 1 aromatic rings. The van der Waals surface area contributed by atoms with Gasteiger partial charge < -0.3 is 15.0 Å². The van der Waals surface area contributed by atoms with Gasteiger partial charge in [0.1, 0.15) is 5.60 Å². The fraction of sp³-hybridized carbons (Fsp3) is 0.833. The zero-order chi connectivity index (χ0) is 22.0. The van der Waals surface area contributed by atoms with Crippen LogP contribution in [0.4, 0.5) is 9.93 Å². The molecule has 0 radical (unpaired) electrons. The average molecular weight is 449 g/mol. The van der Waals surface area contributed by atoms with E-state index in [9.17, 15) is 4.79 Å². The first-order valence-electron chi connectivity index (χ1n) is 12.2. The van der Waals surface area contributed by atoms with Gasteiger partial charge in [-0.05, 0) is 84.1 Å². The van der Waals surface area contributed by atoms with Crippen LogP contribution >= 0.6 is 11.3 Å². The highest BCUT2D eigenvalue weighted by atomic mass is 32.1. The van der Waals surface area contributed by atoms with Gasteiger partial charge in [-0.25, -0.2) is 9.78 Å². The van der Waals surface area contributed by atoms with Gasteiger partial charge in [0.15, 0.2) is 5.13 Å². The SMILES string of the molecule is CC1CCN(c2nc3c(s2)CCN(CC[C@H]2CC[C@H](NC(=O)OC(C)(C)C)CC2)C3)C1. The number of nitrogens with zero attached hydrogens (tertiary/aromatic N) is 3. The van der Waals surface area contributed by atoms with Gasteiger partial charge in [-0.15, -0.1) is 11.3 Å². The molecule has 3 aliphatic rings. The van der Waals surface area contributed by atoms with Crippen LogP contribution in [0.1, 0.15) is 76.8 Å². The second kappa shape index (κ2) is 9.65. The molecule has 4 rings (SSSR count). The summed E-state index contributed by atoms with van der Waals surface area (Å²) in [6.45, 7) is 13.8. The van der Waals surface area contributed by atoms with Crippen molar-refractivity contribution in [3.8, 4) is 0 Å². The van der Waals surface area contributed by atoms with Crippen molar-refractivity contribution in [3.63, 3.8) is 0 Å². The molecule has 1 saturated carbocycles. The third-order valence-corrected chi connectivity index (χ3v) is 8.13. The number of ether oxygens (including phenoxy) is 1. The number of fused-ring (bicyclic) bond motifs is 1. The summed E-state index contributed by atoms with van der Waals surface area (Å²) >= 11 is 1.93. The van der Waals surface area contributed by atoms with Crippen molar-refractivity contribution < 1.29 is 9.53 Å². The zero-order valence-electron chi connectivity index (χ0n) is 19.8. The van der Waals surface area contributed by atoms with Crippen LogP contribution in [0.25, 0.3) is 0 Å². The molecule has 2 fully saturated rings. The van der Waals surface area contributed by atoms with E-state index in [2.05, 4.69) is 22.0 Å². The predicted molar refractivity (Wildman–Crippen MR) is 127 cm³/mol. The van der Waals surface area contributed by atoms with Crippen LogP contribution in [0.5, 0.6) is 0 Å². The molecule has 31 heavy (non-hydrogen) atoms. The summed E-state index contributed by atoms with van der Waals surface area (Å²) in [4.78, 5) is 23.6. The van der Waals surface area contributed by atoms with Crippen LogP contribution in [-0.2, 0) is 17.7 Å². The van der Waals surface area contributed by atoms with Crippen molar-refractivity contribution in [1.29, 1.82) is 0 Å². The van der Waals surface area contributed by atoms with E-state index >= 15 is 0 Å². The number of carbonyl (C=O) groups is 1. The number of hydrogen-bond donors (Lipinski definition) is 1. The van der Waals surface area contributed by atoms with Crippen LogP contribution in [0.3, 0.4) is 0 Å². The molecule has 0 aromatic carbocycles. The van der Waals surface area contributed by atoms with Crippen LogP contribution in [0.15, 0.2) is 0 Å². The summed E-state index contributed by atoms with van der Waals surface area (Å²) in [5.74, 6) is 1.57. The Morgan fingerprint density at radius 3 is 2.65 bits per heavy atom. The number of hydrogen-bond acceptors (Lipinski definition) is 6. The number of thiazole rings is 1. The Morgan fingerprint density at radius 1 is 1.19 bits per heavy atom. The van der Waals surface area contributed by atoms with Crippen LogP contribution < -0.4 is 10.2 Å². The molecule has 0 spiro atoms. The maximum absolute atomic E-state index is 12.0. The molecule has 1 N–H and O–H groups in total. The van der Waals surface area contributed by atoms with E-state index in [0.717, 1.165) is 37.6 Å². The quantitative estimate of drug-likeness (QED) is 0.700. The van der Waals surface area contributed by atoms with Gasteiger partial charge in [-0.3, -0.25) is 4.90 Å². The van der Waals surface area contributed by atoms with Gasteiger partial charge in [0.05, 0.1) is 5.69 Å². The van der Waals surface area contributed by atoms with Gasteiger partial charge in [0.2, 0.25) is 0 Å². The van der Waals surface area contributed by atoms with Crippen molar-refractivity contribution in [2.24, 2.45) is 11.8 Å². The molecule has 7 heteroatoms. The van der Waals surface area contributed by atoms with Gasteiger partial charge in [-0.2, -0.15) is 0 Å². The minimum atomic E-state index is -0.430. The molecule has 2 aliphatic heterocycles. The fourth-order valence-electron chi connectivity index (χ4n) is 5.11. The van der Waals surface area contributed by atoms with Crippen molar-refractivity contribution in [1.82, 2.24) is 15.2 Å². The molecular formula is C24H40N4O2S. The number of aromatic nitrogens is 1. The van der Waals surface area contributed by atoms with Gasteiger partial charge in [0.25, 0.3) is 0 Å². The molecule has 3 heterocycles. The molecule has 174 valence electrons. The Hall–Kier alpha value is -1.34. The first kappa shape index (κ1) is 22.8. The maximum atomic E-state index is 12.0. The van der Waals surface area contributed by atoms with Gasteiger partial charge in [0, 0.05) is 37.1 Å². The molecule has 0 bridgehead atoms. The number of rotatable bonds is 5. The van der Waals surface area contributed by atoms with Crippen molar-refractivity contribution >= 4 is 22.6 Å². The monoisotopic (exact) mass is 448 g/mol. The summed E-state index contributed by atoms with van der Waals surface area (Å²) < 4.78 is 5.40. The Bertz CT molecular complexity index is 751. The molecule has 1 atom stereocenters. The summed E-state index contributed by atoms with van der Waals surface area (Å²) in [7, 11) is 0. The third-order valence-electron chi connectivity index (χ3n) is 6.91. The molecule has 1 aliphatic carbocycles. The van der Waals surface area contributed by atoms with Crippen LogP contribution in [-0.4, -0.2) is 53.8 Å². The first-order chi connectivity index (χ1) is 14.7. The predicted octanol–water partition coefficient (Wildman–Crippen LogP) is 4.82. The second-order valence-corrected chi connectivity index (χ2v) is 11.9. The molecule has 1 aromatic heterocycles. The lowest BCUT2D eigenvalue weighted by Crippen LogP contribution is -2.41. The number of nitrogens with one attached hydrogen (secondary N) is 1. The molecule has 1 unspecified atom stereocenters. The highest BCUT2D eigenvalue weighted by Gasteiger charge is 2.28.